The van der Waals surface area contributed by atoms with Crippen LogP contribution in [-0.2, 0) is 24.3 Å². The Morgan fingerprint density at radius 2 is 2.22 bits per heavy atom. The molecule has 2 N–H and O–H groups in total. The van der Waals surface area contributed by atoms with Crippen molar-refractivity contribution in [2.75, 3.05) is 0 Å². The van der Waals surface area contributed by atoms with E-state index in [1.807, 2.05) is 11.1 Å². The number of nitrogens with zero attached hydrogens (tertiary/aromatic N) is 3. The summed E-state index contributed by atoms with van der Waals surface area (Å²) in [6.07, 6.45) is 7.76. The van der Waals surface area contributed by atoms with Gasteiger partial charge in [0.2, 0.25) is 0 Å². The third-order valence-corrected chi connectivity index (χ3v) is 5.04. The standard InChI is InChI=1S/C17H20N4O2/c22-17(23)16-6-14-15(20-10-19-14)9-21(16)8-11-4-5-13(18-7-11)12-2-1-3-12/h4-5,7,10,12,16H,1-3,6,8-9H2,(H,19,20)(H,22,23). The summed E-state index contributed by atoms with van der Waals surface area (Å²) in [7, 11) is 0. The average Bonchev–Trinajstić information content (AvgIpc) is 2.93. The van der Waals surface area contributed by atoms with Crippen molar-refractivity contribution in [3.63, 3.8) is 0 Å². The van der Waals surface area contributed by atoms with Gasteiger partial charge < -0.3 is 10.1 Å². The van der Waals surface area contributed by atoms with Gasteiger partial charge in [0.15, 0.2) is 0 Å². The van der Waals surface area contributed by atoms with Crippen LogP contribution in [0.25, 0.3) is 0 Å². The van der Waals surface area contributed by atoms with E-state index >= 15 is 0 Å². The van der Waals surface area contributed by atoms with Crippen LogP contribution in [0.5, 0.6) is 0 Å². The Morgan fingerprint density at radius 3 is 2.87 bits per heavy atom. The highest BCUT2D eigenvalue weighted by Gasteiger charge is 2.33. The molecular weight excluding hydrogens is 292 g/mol. The molecule has 4 rings (SSSR count). The lowest BCUT2D eigenvalue weighted by Gasteiger charge is -2.32. The first-order valence-electron chi connectivity index (χ1n) is 8.13. The third-order valence-electron chi connectivity index (χ3n) is 5.04. The van der Waals surface area contributed by atoms with Gasteiger partial charge >= 0.3 is 5.97 Å². The van der Waals surface area contributed by atoms with Gasteiger partial charge in [-0.05, 0) is 24.5 Å². The zero-order valence-corrected chi connectivity index (χ0v) is 12.9. The Balaban J connectivity index is 1.51. The largest absolute Gasteiger partial charge is 0.480 e. The van der Waals surface area contributed by atoms with E-state index in [1.54, 1.807) is 6.33 Å². The number of imidazole rings is 1. The SMILES string of the molecule is O=C(O)C1Cc2nc[nH]c2CN1Cc1ccc(C2CCC2)nc1. The minimum Gasteiger partial charge on any atom is -0.480 e. The predicted octanol–water partition coefficient (Wildman–Crippen LogP) is 2.08. The monoisotopic (exact) mass is 312 g/mol. The minimum absolute atomic E-state index is 0.446. The molecule has 0 amide bonds. The maximum atomic E-state index is 11.6. The summed E-state index contributed by atoms with van der Waals surface area (Å²) in [6, 6.07) is 3.65. The molecule has 2 aliphatic rings. The van der Waals surface area contributed by atoms with Crippen LogP contribution in [0.3, 0.4) is 0 Å². The number of carboxylic acids is 1. The van der Waals surface area contributed by atoms with Gasteiger partial charge in [-0.2, -0.15) is 0 Å². The van der Waals surface area contributed by atoms with E-state index in [2.05, 4.69) is 27.1 Å². The van der Waals surface area contributed by atoms with E-state index in [0.29, 0.717) is 25.4 Å². The molecule has 2 aromatic heterocycles. The quantitative estimate of drug-likeness (QED) is 0.903. The van der Waals surface area contributed by atoms with Crippen molar-refractivity contribution in [1.29, 1.82) is 0 Å². The molecule has 0 aromatic carbocycles. The number of carboxylic acid groups (broad SMARTS) is 1. The summed E-state index contributed by atoms with van der Waals surface area (Å²) in [4.78, 5) is 25.5. The number of hydrogen-bond donors (Lipinski definition) is 2. The predicted molar refractivity (Wildman–Crippen MR) is 83.8 cm³/mol. The lowest BCUT2D eigenvalue weighted by atomic mass is 9.82. The number of hydrogen-bond acceptors (Lipinski definition) is 4. The smallest absolute Gasteiger partial charge is 0.321 e. The van der Waals surface area contributed by atoms with Gasteiger partial charge in [0, 0.05) is 37.3 Å². The summed E-state index contributed by atoms with van der Waals surface area (Å²) in [5, 5.41) is 9.51. The van der Waals surface area contributed by atoms with Gasteiger partial charge in [-0.3, -0.25) is 14.7 Å². The molecule has 1 aliphatic carbocycles. The van der Waals surface area contributed by atoms with Crippen molar-refractivity contribution in [3.05, 3.63) is 47.3 Å². The Morgan fingerprint density at radius 1 is 1.35 bits per heavy atom. The molecule has 0 spiro atoms. The van der Waals surface area contributed by atoms with Crippen molar-refractivity contribution in [2.24, 2.45) is 0 Å². The number of nitrogens with one attached hydrogen (secondary N) is 1. The molecule has 0 bridgehead atoms. The molecule has 1 saturated carbocycles. The van der Waals surface area contributed by atoms with E-state index in [9.17, 15) is 9.90 Å². The second-order valence-electron chi connectivity index (χ2n) is 6.51. The molecule has 2 aromatic rings. The van der Waals surface area contributed by atoms with E-state index in [-0.39, 0.29) is 0 Å². The normalized spacial score (nSPS) is 21.7. The maximum absolute atomic E-state index is 11.6. The third kappa shape index (κ3) is 2.74. The summed E-state index contributed by atoms with van der Waals surface area (Å²) >= 11 is 0. The Hall–Kier alpha value is -2.21. The fourth-order valence-electron chi connectivity index (χ4n) is 3.41. The Labute approximate surface area is 134 Å². The van der Waals surface area contributed by atoms with Crippen LogP contribution in [0.15, 0.2) is 24.7 Å². The molecular formula is C17H20N4O2. The average molecular weight is 312 g/mol. The number of fused-ring (bicyclic) bond motifs is 1. The molecule has 6 heteroatoms. The number of aromatic amines is 1. The zero-order valence-electron chi connectivity index (χ0n) is 12.9. The van der Waals surface area contributed by atoms with Crippen molar-refractivity contribution < 1.29 is 9.90 Å². The van der Waals surface area contributed by atoms with Crippen LogP contribution in [0.2, 0.25) is 0 Å². The molecule has 120 valence electrons. The zero-order chi connectivity index (χ0) is 15.8. The summed E-state index contributed by atoms with van der Waals surface area (Å²) in [6.45, 7) is 1.17. The molecule has 23 heavy (non-hydrogen) atoms. The number of rotatable bonds is 4. The van der Waals surface area contributed by atoms with Crippen LogP contribution in [0.1, 0.15) is 47.8 Å². The van der Waals surface area contributed by atoms with Crippen LogP contribution in [0.4, 0.5) is 0 Å². The lowest BCUT2D eigenvalue weighted by Crippen LogP contribution is -2.45. The molecule has 1 fully saturated rings. The van der Waals surface area contributed by atoms with E-state index in [4.69, 9.17) is 0 Å². The lowest BCUT2D eigenvalue weighted by molar-refractivity contribution is -0.144. The first-order valence-corrected chi connectivity index (χ1v) is 8.13. The summed E-state index contributed by atoms with van der Waals surface area (Å²) in [5.41, 5.74) is 4.11. The highest BCUT2D eigenvalue weighted by molar-refractivity contribution is 5.74. The second-order valence-corrected chi connectivity index (χ2v) is 6.51. The van der Waals surface area contributed by atoms with Crippen LogP contribution < -0.4 is 0 Å². The van der Waals surface area contributed by atoms with E-state index in [1.165, 1.54) is 25.0 Å². The maximum Gasteiger partial charge on any atom is 0.321 e. The molecule has 1 unspecified atom stereocenters. The Bertz CT molecular complexity index is 706. The first-order chi connectivity index (χ1) is 11.2. The molecule has 0 saturated heterocycles. The molecule has 3 heterocycles. The van der Waals surface area contributed by atoms with Crippen LogP contribution in [0, 0.1) is 0 Å². The number of aliphatic carboxylic acids is 1. The fourth-order valence-corrected chi connectivity index (χ4v) is 3.41. The Kier molecular flexibility index (Phi) is 3.61. The minimum atomic E-state index is -0.794. The van der Waals surface area contributed by atoms with Crippen molar-refractivity contribution in [1.82, 2.24) is 19.9 Å². The topological polar surface area (TPSA) is 82.1 Å². The molecule has 1 aliphatic heterocycles. The number of carbonyl (C=O) groups is 1. The number of H-pyrrole nitrogens is 1. The second kappa shape index (κ2) is 5.77. The van der Waals surface area contributed by atoms with Crippen molar-refractivity contribution >= 4 is 5.97 Å². The van der Waals surface area contributed by atoms with Gasteiger partial charge in [0.05, 0.1) is 17.7 Å². The van der Waals surface area contributed by atoms with E-state index < -0.39 is 12.0 Å². The van der Waals surface area contributed by atoms with Gasteiger partial charge in [0.1, 0.15) is 6.04 Å². The fraction of sp³-hybridized carbons (Fsp3) is 0.471. The molecule has 1 atom stereocenters. The van der Waals surface area contributed by atoms with E-state index in [0.717, 1.165) is 17.0 Å². The highest BCUT2D eigenvalue weighted by atomic mass is 16.4. The van der Waals surface area contributed by atoms with Gasteiger partial charge in [-0.25, -0.2) is 4.98 Å². The van der Waals surface area contributed by atoms with Crippen molar-refractivity contribution in [3.8, 4) is 0 Å². The van der Waals surface area contributed by atoms with Gasteiger partial charge in [-0.15, -0.1) is 0 Å². The van der Waals surface area contributed by atoms with Crippen molar-refractivity contribution in [2.45, 2.75) is 50.7 Å². The summed E-state index contributed by atoms with van der Waals surface area (Å²) < 4.78 is 0. The van der Waals surface area contributed by atoms with Gasteiger partial charge in [0.25, 0.3) is 0 Å². The first kappa shape index (κ1) is 14.4. The number of aromatic nitrogens is 3. The summed E-state index contributed by atoms with van der Waals surface area (Å²) in [5.74, 6) is -0.170. The number of pyridine rings is 1. The highest BCUT2D eigenvalue weighted by Crippen LogP contribution is 2.35. The van der Waals surface area contributed by atoms with Crippen LogP contribution in [-0.4, -0.2) is 37.0 Å². The molecule has 6 nitrogen and oxygen atoms in total. The van der Waals surface area contributed by atoms with Crippen LogP contribution >= 0.6 is 0 Å². The van der Waals surface area contributed by atoms with Gasteiger partial charge in [-0.1, -0.05) is 12.5 Å². The molecule has 0 radical (unpaired) electrons.